The molecule has 2 saturated heterocycles. The molecule has 0 N–H and O–H groups in total. The Morgan fingerprint density at radius 1 is 0.941 bits per heavy atom. The Balaban J connectivity index is 1.23. The lowest BCUT2D eigenvalue weighted by Gasteiger charge is -2.24. The summed E-state index contributed by atoms with van der Waals surface area (Å²) in [7, 11) is 0. The molecule has 0 saturated carbocycles. The van der Waals surface area contributed by atoms with Gasteiger partial charge in [-0.05, 0) is 29.7 Å². The molecule has 2 fully saturated rings. The zero-order chi connectivity index (χ0) is 23.9. The van der Waals surface area contributed by atoms with E-state index in [4.69, 9.17) is 16.3 Å². The fourth-order valence-corrected chi connectivity index (χ4v) is 4.60. The number of ether oxygens (including phenoxy) is 1. The van der Waals surface area contributed by atoms with Crippen LogP contribution in [0.2, 0.25) is 5.02 Å². The zero-order valence-electron chi connectivity index (χ0n) is 19.2. The molecule has 2 aromatic rings. The van der Waals surface area contributed by atoms with E-state index in [0.717, 1.165) is 24.1 Å². The first-order chi connectivity index (χ1) is 16.5. The molecule has 2 aromatic carbocycles. The summed E-state index contributed by atoms with van der Waals surface area (Å²) in [5, 5.41) is 0.657. The van der Waals surface area contributed by atoms with E-state index in [1.54, 1.807) is 17.0 Å². The lowest BCUT2D eigenvalue weighted by molar-refractivity contribution is -0.146. The molecule has 0 aliphatic carbocycles. The van der Waals surface area contributed by atoms with Crippen molar-refractivity contribution in [2.45, 2.75) is 26.0 Å². The summed E-state index contributed by atoms with van der Waals surface area (Å²) in [4.78, 5) is 43.6. The number of carbonyl (C=O) groups is 3. The number of rotatable bonds is 7. The molecule has 8 heteroatoms. The molecule has 34 heavy (non-hydrogen) atoms. The van der Waals surface area contributed by atoms with Crippen LogP contribution in [0.1, 0.15) is 24.0 Å². The lowest BCUT2D eigenvalue weighted by atomic mass is 10.1. The summed E-state index contributed by atoms with van der Waals surface area (Å²) in [5.41, 5.74) is 1.95. The number of carbonyl (C=O) groups excluding carboxylic acids is 3. The Hall–Kier alpha value is -2.90. The third kappa shape index (κ3) is 6.58. The van der Waals surface area contributed by atoms with E-state index in [9.17, 15) is 14.4 Å². The van der Waals surface area contributed by atoms with Gasteiger partial charge in [0.2, 0.25) is 11.8 Å². The first-order valence-corrected chi connectivity index (χ1v) is 12.1. The van der Waals surface area contributed by atoms with E-state index in [0.29, 0.717) is 37.7 Å². The molecule has 4 rings (SSSR count). The number of hydrogen-bond acceptors (Lipinski definition) is 5. The van der Waals surface area contributed by atoms with Crippen LogP contribution in [0.25, 0.3) is 0 Å². The molecule has 0 radical (unpaired) electrons. The summed E-state index contributed by atoms with van der Waals surface area (Å²) >= 11 is 5.94. The summed E-state index contributed by atoms with van der Waals surface area (Å²) in [6.45, 7) is 3.93. The number of likely N-dealkylation sites (tertiary alicyclic amines) is 1. The average Bonchev–Trinajstić information content (AvgIpc) is 3.05. The minimum Gasteiger partial charge on any atom is -0.460 e. The second kappa shape index (κ2) is 11.5. The Bertz CT molecular complexity index is 999. The van der Waals surface area contributed by atoms with Crippen molar-refractivity contribution in [3.05, 3.63) is 70.7 Å². The summed E-state index contributed by atoms with van der Waals surface area (Å²) < 4.78 is 5.39. The maximum atomic E-state index is 13.1. The molecule has 0 aromatic heterocycles. The van der Waals surface area contributed by atoms with Gasteiger partial charge in [0, 0.05) is 50.7 Å². The number of hydrogen-bond donors (Lipinski definition) is 0. The Morgan fingerprint density at radius 2 is 1.71 bits per heavy atom. The van der Waals surface area contributed by atoms with Gasteiger partial charge >= 0.3 is 5.97 Å². The zero-order valence-corrected chi connectivity index (χ0v) is 20.0. The fourth-order valence-electron chi connectivity index (χ4n) is 4.47. The van der Waals surface area contributed by atoms with Crippen LogP contribution in [0.5, 0.6) is 0 Å². The van der Waals surface area contributed by atoms with Gasteiger partial charge < -0.3 is 14.5 Å². The Morgan fingerprint density at radius 3 is 2.47 bits per heavy atom. The average molecular weight is 484 g/mol. The van der Waals surface area contributed by atoms with Crippen LogP contribution < -0.4 is 0 Å². The van der Waals surface area contributed by atoms with Crippen LogP contribution in [0.4, 0.5) is 0 Å². The number of halogens is 1. The lowest BCUT2D eigenvalue weighted by Crippen LogP contribution is -2.40. The standard InChI is InChI=1S/C26H30ClN3O4/c27-23-9-7-20(8-10-23)16-30-17-22(15-24(30)31)26(33)29-12-4-11-28(13-14-29)18-25(32)34-19-21-5-2-1-3-6-21/h1-3,5-10,22H,4,11-19H2. The van der Waals surface area contributed by atoms with Crippen molar-refractivity contribution in [1.29, 1.82) is 0 Å². The topological polar surface area (TPSA) is 70.2 Å². The third-order valence-electron chi connectivity index (χ3n) is 6.35. The molecular weight excluding hydrogens is 454 g/mol. The summed E-state index contributed by atoms with van der Waals surface area (Å²) in [6, 6.07) is 17.0. The van der Waals surface area contributed by atoms with E-state index in [2.05, 4.69) is 0 Å². The number of nitrogens with zero attached hydrogens (tertiary/aromatic N) is 3. The van der Waals surface area contributed by atoms with E-state index in [-0.39, 0.29) is 43.3 Å². The molecule has 0 bridgehead atoms. The van der Waals surface area contributed by atoms with Crippen molar-refractivity contribution in [1.82, 2.24) is 14.7 Å². The third-order valence-corrected chi connectivity index (χ3v) is 6.60. The van der Waals surface area contributed by atoms with Crippen molar-refractivity contribution < 1.29 is 19.1 Å². The molecule has 1 unspecified atom stereocenters. The van der Waals surface area contributed by atoms with Gasteiger partial charge in [-0.3, -0.25) is 19.3 Å². The van der Waals surface area contributed by atoms with Gasteiger partial charge in [0.15, 0.2) is 0 Å². The van der Waals surface area contributed by atoms with Crippen molar-refractivity contribution in [2.24, 2.45) is 5.92 Å². The van der Waals surface area contributed by atoms with Gasteiger partial charge in [-0.15, -0.1) is 0 Å². The van der Waals surface area contributed by atoms with Crippen LogP contribution in [-0.4, -0.2) is 71.8 Å². The van der Waals surface area contributed by atoms with E-state index < -0.39 is 0 Å². The van der Waals surface area contributed by atoms with Crippen LogP contribution in [0, 0.1) is 5.92 Å². The number of benzene rings is 2. The molecule has 0 spiro atoms. The van der Waals surface area contributed by atoms with Gasteiger partial charge in [-0.1, -0.05) is 54.1 Å². The van der Waals surface area contributed by atoms with E-state index >= 15 is 0 Å². The highest BCUT2D eigenvalue weighted by molar-refractivity contribution is 6.30. The number of esters is 1. The molecule has 1 atom stereocenters. The minimum absolute atomic E-state index is 0.00547. The van der Waals surface area contributed by atoms with Gasteiger partial charge in [0.1, 0.15) is 6.61 Å². The first-order valence-electron chi connectivity index (χ1n) is 11.7. The molecule has 7 nitrogen and oxygen atoms in total. The van der Waals surface area contributed by atoms with Crippen molar-refractivity contribution in [3.8, 4) is 0 Å². The molecule has 2 amide bonds. The van der Waals surface area contributed by atoms with Crippen LogP contribution in [-0.2, 0) is 32.3 Å². The Kier molecular flexibility index (Phi) is 8.19. The van der Waals surface area contributed by atoms with Crippen LogP contribution in [0.15, 0.2) is 54.6 Å². The predicted octanol–water partition coefficient (Wildman–Crippen LogP) is 2.97. The monoisotopic (exact) mass is 483 g/mol. The maximum absolute atomic E-state index is 13.1. The quantitative estimate of drug-likeness (QED) is 0.566. The van der Waals surface area contributed by atoms with Crippen molar-refractivity contribution in [3.63, 3.8) is 0 Å². The molecule has 2 aliphatic rings. The van der Waals surface area contributed by atoms with Gasteiger partial charge in [0.25, 0.3) is 0 Å². The molecule has 2 aliphatic heterocycles. The summed E-state index contributed by atoms with van der Waals surface area (Å²) in [5.74, 6) is -0.545. The molecule has 180 valence electrons. The van der Waals surface area contributed by atoms with Crippen LogP contribution in [0.3, 0.4) is 0 Å². The number of amides is 2. The van der Waals surface area contributed by atoms with Crippen LogP contribution >= 0.6 is 11.6 Å². The predicted molar refractivity (Wildman–Crippen MR) is 129 cm³/mol. The van der Waals surface area contributed by atoms with Crippen molar-refractivity contribution in [2.75, 3.05) is 39.3 Å². The van der Waals surface area contributed by atoms with Gasteiger partial charge in [-0.25, -0.2) is 0 Å². The smallest absolute Gasteiger partial charge is 0.320 e. The van der Waals surface area contributed by atoms with E-state index in [1.165, 1.54) is 0 Å². The highest BCUT2D eigenvalue weighted by Crippen LogP contribution is 2.23. The fraction of sp³-hybridized carbons (Fsp3) is 0.423. The summed E-state index contributed by atoms with van der Waals surface area (Å²) in [6.07, 6.45) is 1.03. The Labute approximate surface area is 205 Å². The first kappa shape index (κ1) is 24.2. The molecule has 2 heterocycles. The van der Waals surface area contributed by atoms with E-state index in [1.807, 2.05) is 52.3 Å². The SMILES string of the molecule is O=C(CN1CCCN(C(=O)C2CC(=O)N(Cc3ccc(Cl)cc3)C2)CC1)OCc1ccccc1. The molecular formula is C26H30ClN3O4. The highest BCUT2D eigenvalue weighted by atomic mass is 35.5. The van der Waals surface area contributed by atoms with Gasteiger partial charge in [0.05, 0.1) is 12.5 Å². The second-order valence-electron chi connectivity index (χ2n) is 8.90. The maximum Gasteiger partial charge on any atom is 0.320 e. The normalized spacial score (nSPS) is 19.2. The largest absolute Gasteiger partial charge is 0.460 e. The van der Waals surface area contributed by atoms with Crippen molar-refractivity contribution >= 4 is 29.4 Å². The minimum atomic E-state index is -0.317. The highest BCUT2D eigenvalue weighted by Gasteiger charge is 2.36. The second-order valence-corrected chi connectivity index (χ2v) is 9.34. The van der Waals surface area contributed by atoms with Gasteiger partial charge in [-0.2, -0.15) is 0 Å².